The Morgan fingerprint density at radius 2 is 1.45 bits per heavy atom. The number of rotatable bonds is 1. The maximum Gasteiger partial charge on any atom is 0.0465 e. The Morgan fingerprint density at radius 1 is 0.700 bits per heavy atom. The van der Waals surface area contributed by atoms with Gasteiger partial charge in [0.2, 0.25) is 0 Å². The van der Waals surface area contributed by atoms with E-state index in [1.165, 1.54) is 32.9 Å². The molecule has 1 N–H and O–H groups in total. The van der Waals surface area contributed by atoms with E-state index in [1.54, 1.807) is 0 Å². The summed E-state index contributed by atoms with van der Waals surface area (Å²) in [6.07, 6.45) is 0. The minimum absolute atomic E-state index is 1.12. The van der Waals surface area contributed by atoms with Crippen LogP contribution in [0.3, 0.4) is 0 Å². The van der Waals surface area contributed by atoms with Crippen LogP contribution in [0.2, 0.25) is 0 Å². The molecule has 3 aromatic carbocycles. The average molecular weight is 322 g/mol. The topological polar surface area (TPSA) is 15.8 Å². The van der Waals surface area contributed by atoms with E-state index in [4.69, 9.17) is 0 Å². The third kappa shape index (κ3) is 1.76. The van der Waals surface area contributed by atoms with E-state index < -0.39 is 0 Å². The first-order chi connectivity index (χ1) is 9.83. The van der Waals surface area contributed by atoms with Gasteiger partial charge in [-0.15, -0.1) is 0 Å². The maximum atomic E-state index is 3.63. The Kier molecular flexibility index (Phi) is 2.64. The summed E-state index contributed by atoms with van der Waals surface area (Å²) in [5.41, 5.74) is 4.82. The van der Waals surface area contributed by atoms with Crippen molar-refractivity contribution in [3.05, 3.63) is 71.2 Å². The van der Waals surface area contributed by atoms with Gasteiger partial charge in [0.1, 0.15) is 0 Å². The van der Waals surface area contributed by atoms with Crippen LogP contribution in [0.5, 0.6) is 0 Å². The van der Waals surface area contributed by atoms with E-state index in [0.29, 0.717) is 0 Å². The zero-order valence-electron chi connectivity index (χ0n) is 10.7. The molecule has 4 rings (SSSR count). The Morgan fingerprint density at radius 3 is 2.35 bits per heavy atom. The fraction of sp³-hybridized carbons (Fsp3) is 0. The zero-order valence-corrected chi connectivity index (χ0v) is 12.3. The Bertz CT molecular complexity index is 921. The number of aromatic amines is 1. The highest BCUT2D eigenvalue weighted by atomic mass is 79.9. The van der Waals surface area contributed by atoms with Crippen molar-refractivity contribution in [3.63, 3.8) is 0 Å². The monoisotopic (exact) mass is 321 g/mol. The highest BCUT2D eigenvalue weighted by Crippen LogP contribution is 2.33. The summed E-state index contributed by atoms with van der Waals surface area (Å²) >= 11 is 3.63. The van der Waals surface area contributed by atoms with Crippen LogP contribution in [0, 0.1) is 0 Å². The normalized spacial score (nSPS) is 11.2. The van der Waals surface area contributed by atoms with Gasteiger partial charge in [-0.2, -0.15) is 0 Å². The van der Waals surface area contributed by atoms with Crippen molar-refractivity contribution >= 4 is 37.7 Å². The molecule has 0 amide bonds. The van der Waals surface area contributed by atoms with Gasteiger partial charge in [0, 0.05) is 26.3 Å². The van der Waals surface area contributed by atoms with Crippen molar-refractivity contribution in [3.8, 4) is 11.1 Å². The van der Waals surface area contributed by atoms with Crippen LogP contribution in [-0.2, 0) is 0 Å². The molecular formula is C18H12BrN. The number of para-hydroxylation sites is 1. The Hall–Kier alpha value is -2.06. The largest absolute Gasteiger partial charge is 0.355 e. The molecule has 0 fully saturated rings. The summed E-state index contributed by atoms with van der Waals surface area (Å²) in [5.74, 6) is 0. The lowest BCUT2D eigenvalue weighted by Crippen LogP contribution is -1.79. The summed E-state index contributed by atoms with van der Waals surface area (Å²) in [4.78, 5) is 3.46. The molecule has 0 radical (unpaired) electrons. The quantitative estimate of drug-likeness (QED) is 0.459. The predicted octanol–water partition coefficient (Wildman–Crippen LogP) is 5.75. The first kappa shape index (κ1) is 11.7. The van der Waals surface area contributed by atoms with Crippen molar-refractivity contribution in [2.24, 2.45) is 0 Å². The van der Waals surface area contributed by atoms with Gasteiger partial charge in [-0.1, -0.05) is 58.4 Å². The summed E-state index contributed by atoms with van der Waals surface area (Å²) in [5, 5.41) is 2.55. The van der Waals surface area contributed by atoms with Crippen LogP contribution in [-0.4, -0.2) is 4.98 Å². The van der Waals surface area contributed by atoms with Crippen molar-refractivity contribution < 1.29 is 0 Å². The molecule has 0 saturated heterocycles. The Labute approximate surface area is 125 Å². The number of hydrogen-bond acceptors (Lipinski definition) is 0. The predicted molar refractivity (Wildman–Crippen MR) is 88.9 cm³/mol. The second-order valence-corrected chi connectivity index (χ2v) is 5.77. The van der Waals surface area contributed by atoms with E-state index >= 15 is 0 Å². The van der Waals surface area contributed by atoms with E-state index in [9.17, 15) is 0 Å². The van der Waals surface area contributed by atoms with Crippen molar-refractivity contribution in [2.45, 2.75) is 0 Å². The fourth-order valence-electron chi connectivity index (χ4n) is 2.71. The minimum atomic E-state index is 1.12. The number of benzene rings is 3. The molecule has 0 aliphatic carbocycles. The lowest BCUT2D eigenvalue weighted by atomic mass is 10.0. The summed E-state index contributed by atoms with van der Waals surface area (Å²) in [6.45, 7) is 0. The van der Waals surface area contributed by atoms with Gasteiger partial charge in [0.05, 0.1) is 0 Å². The van der Waals surface area contributed by atoms with Gasteiger partial charge in [-0.3, -0.25) is 0 Å². The van der Waals surface area contributed by atoms with Gasteiger partial charge in [0.25, 0.3) is 0 Å². The van der Waals surface area contributed by atoms with Crippen LogP contribution >= 0.6 is 15.9 Å². The Balaban J connectivity index is 2.03. The van der Waals surface area contributed by atoms with Crippen LogP contribution in [0.1, 0.15) is 0 Å². The standard InChI is InChI=1S/C18H12BrN/c19-16-7-3-1-5-13(16)12-9-10-18-15(11-12)14-6-2-4-8-17(14)20-18/h1-11,20H. The van der Waals surface area contributed by atoms with E-state index in [-0.39, 0.29) is 0 Å². The van der Waals surface area contributed by atoms with E-state index in [2.05, 4.69) is 81.6 Å². The van der Waals surface area contributed by atoms with Crippen LogP contribution in [0.25, 0.3) is 32.9 Å². The summed E-state index contributed by atoms with van der Waals surface area (Å²) in [7, 11) is 0. The third-order valence-corrected chi connectivity index (χ3v) is 4.38. The number of halogens is 1. The first-order valence-electron chi connectivity index (χ1n) is 6.58. The fourth-order valence-corrected chi connectivity index (χ4v) is 3.22. The lowest BCUT2D eigenvalue weighted by molar-refractivity contribution is 1.54. The SMILES string of the molecule is Brc1ccccc1-c1ccc2[nH]c3ccccc3c2c1. The summed E-state index contributed by atoms with van der Waals surface area (Å²) in [6, 6.07) is 23.3. The second kappa shape index (κ2) is 4.50. The molecule has 2 heteroatoms. The van der Waals surface area contributed by atoms with E-state index in [1.807, 2.05) is 6.07 Å². The minimum Gasteiger partial charge on any atom is -0.355 e. The lowest BCUT2D eigenvalue weighted by Gasteiger charge is -2.04. The van der Waals surface area contributed by atoms with Crippen molar-refractivity contribution in [1.82, 2.24) is 4.98 Å². The molecule has 1 nitrogen and oxygen atoms in total. The first-order valence-corrected chi connectivity index (χ1v) is 7.37. The van der Waals surface area contributed by atoms with Gasteiger partial charge in [0.15, 0.2) is 0 Å². The second-order valence-electron chi connectivity index (χ2n) is 4.91. The van der Waals surface area contributed by atoms with Crippen LogP contribution in [0.15, 0.2) is 71.2 Å². The van der Waals surface area contributed by atoms with Gasteiger partial charge in [-0.05, 0) is 35.4 Å². The number of hydrogen-bond donors (Lipinski definition) is 1. The number of fused-ring (bicyclic) bond motifs is 3. The van der Waals surface area contributed by atoms with E-state index in [0.717, 1.165) is 4.47 Å². The van der Waals surface area contributed by atoms with Crippen molar-refractivity contribution in [2.75, 3.05) is 0 Å². The van der Waals surface area contributed by atoms with Crippen LogP contribution < -0.4 is 0 Å². The molecule has 0 saturated carbocycles. The number of aromatic nitrogens is 1. The zero-order chi connectivity index (χ0) is 13.5. The molecule has 0 aliphatic rings. The number of nitrogens with one attached hydrogen (secondary N) is 1. The molecule has 0 aliphatic heterocycles. The molecular weight excluding hydrogens is 310 g/mol. The third-order valence-electron chi connectivity index (χ3n) is 3.69. The number of H-pyrrole nitrogens is 1. The maximum absolute atomic E-state index is 3.63. The molecule has 0 atom stereocenters. The van der Waals surface area contributed by atoms with Gasteiger partial charge in [-0.25, -0.2) is 0 Å². The molecule has 1 aromatic heterocycles. The highest BCUT2D eigenvalue weighted by molar-refractivity contribution is 9.10. The van der Waals surface area contributed by atoms with Gasteiger partial charge < -0.3 is 4.98 Å². The average Bonchev–Trinajstić information content (AvgIpc) is 2.85. The molecule has 20 heavy (non-hydrogen) atoms. The molecule has 0 unspecified atom stereocenters. The highest BCUT2D eigenvalue weighted by Gasteiger charge is 2.07. The molecule has 96 valence electrons. The smallest absolute Gasteiger partial charge is 0.0465 e. The molecule has 0 bridgehead atoms. The molecule has 1 heterocycles. The van der Waals surface area contributed by atoms with Gasteiger partial charge >= 0.3 is 0 Å². The molecule has 4 aromatic rings. The van der Waals surface area contributed by atoms with Crippen molar-refractivity contribution in [1.29, 1.82) is 0 Å². The summed E-state index contributed by atoms with van der Waals surface area (Å²) < 4.78 is 1.12. The van der Waals surface area contributed by atoms with Crippen LogP contribution in [0.4, 0.5) is 0 Å². The molecule has 0 spiro atoms.